The summed E-state index contributed by atoms with van der Waals surface area (Å²) in [7, 11) is 0. The lowest BCUT2D eigenvalue weighted by atomic mass is 9.95. The van der Waals surface area contributed by atoms with Crippen molar-refractivity contribution in [1.29, 1.82) is 0 Å². The number of anilines is 1. The van der Waals surface area contributed by atoms with Crippen molar-refractivity contribution in [2.45, 2.75) is 32.7 Å². The monoisotopic (exact) mass is 330 g/mol. The Hall–Kier alpha value is -1.95. The zero-order chi connectivity index (χ0) is 16.2. The second-order valence-electron chi connectivity index (χ2n) is 6.18. The molecular weight excluding hydrogens is 308 g/mol. The number of carbonyl (C=O) groups is 1. The second kappa shape index (κ2) is 7.08. The number of hydrogen-bond donors (Lipinski definition) is 1. The van der Waals surface area contributed by atoms with Gasteiger partial charge in [0, 0.05) is 25.0 Å². The van der Waals surface area contributed by atoms with Gasteiger partial charge in [0.05, 0.1) is 4.88 Å². The number of nitrogens with zero attached hydrogens (tertiary/aromatic N) is 3. The number of hydrogen-bond acceptors (Lipinski definition) is 5. The quantitative estimate of drug-likeness (QED) is 0.936. The molecular formula is C17H22N4OS. The van der Waals surface area contributed by atoms with E-state index in [2.05, 4.69) is 20.4 Å². The van der Waals surface area contributed by atoms with Crippen LogP contribution < -0.4 is 10.2 Å². The van der Waals surface area contributed by atoms with Crippen molar-refractivity contribution in [2.75, 3.05) is 18.0 Å². The number of amides is 1. The third kappa shape index (κ3) is 3.88. The molecule has 0 atom stereocenters. The number of rotatable bonds is 4. The smallest absolute Gasteiger partial charge is 0.223 e. The van der Waals surface area contributed by atoms with Gasteiger partial charge in [-0.15, -0.1) is 21.5 Å². The molecule has 6 heteroatoms. The Bertz CT molecular complexity index is 631. The average molecular weight is 330 g/mol. The van der Waals surface area contributed by atoms with Gasteiger partial charge in [0.1, 0.15) is 5.69 Å². The molecule has 1 N–H and O–H groups in total. The Morgan fingerprint density at radius 1 is 1.26 bits per heavy atom. The molecule has 3 heterocycles. The van der Waals surface area contributed by atoms with Crippen molar-refractivity contribution in [3.8, 4) is 10.6 Å². The highest BCUT2D eigenvalue weighted by Crippen LogP contribution is 2.25. The number of aromatic nitrogens is 2. The predicted molar refractivity (Wildman–Crippen MR) is 93.6 cm³/mol. The van der Waals surface area contributed by atoms with Crippen molar-refractivity contribution < 1.29 is 4.79 Å². The fourth-order valence-electron chi connectivity index (χ4n) is 2.82. The molecule has 0 unspecified atom stereocenters. The van der Waals surface area contributed by atoms with E-state index in [9.17, 15) is 4.79 Å². The lowest BCUT2D eigenvalue weighted by molar-refractivity contribution is -0.126. The first-order valence-corrected chi connectivity index (χ1v) is 8.94. The van der Waals surface area contributed by atoms with Gasteiger partial charge in [-0.2, -0.15) is 0 Å². The molecule has 2 aromatic rings. The molecule has 1 aliphatic heterocycles. The molecule has 2 aromatic heterocycles. The summed E-state index contributed by atoms with van der Waals surface area (Å²) in [6.45, 7) is 5.70. The van der Waals surface area contributed by atoms with Crippen LogP contribution >= 0.6 is 11.3 Å². The number of carbonyl (C=O) groups excluding carboxylic acids is 1. The van der Waals surface area contributed by atoms with Gasteiger partial charge < -0.3 is 10.2 Å². The van der Waals surface area contributed by atoms with Gasteiger partial charge in [0.25, 0.3) is 0 Å². The first kappa shape index (κ1) is 15.9. The van der Waals surface area contributed by atoms with Gasteiger partial charge in [-0.1, -0.05) is 6.07 Å². The first-order chi connectivity index (χ1) is 11.1. The van der Waals surface area contributed by atoms with E-state index in [4.69, 9.17) is 0 Å². The van der Waals surface area contributed by atoms with Gasteiger partial charge in [-0.25, -0.2) is 0 Å². The summed E-state index contributed by atoms with van der Waals surface area (Å²) in [4.78, 5) is 15.4. The largest absolute Gasteiger partial charge is 0.355 e. The number of nitrogens with one attached hydrogen (secondary N) is 1. The minimum atomic E-state index is 0.118. The minimum absolute atomic E-state index is 0.118. The second-order valence-corrected chi connectivity index (χ2v) is 7.13. The molecule has 1 saturated heterocycles. The van der Waals surface area contributed by atoms with Gasteiger partial charge in [-0.3, -0.25) is 4.79 Å². The van der Waals surface area contributed by atoms with Crippen LogP contribution in [0.4, 0.5) is 5.82 Å². The topological polar surface area (TPSA) is 58.1 Å². The maximum absolute atomic E-state index is 12.1. The maximum atomic E-state index is 12.1. The molecule has 0 aromatic carbocycles. The highest BCUT2D eigenvalue weighted by atomic mass is 32.1. The van der Waals surface area contributed by atoms with Crippen molar-refractivity contribution in [2.24, 2.45) is 5.92 Å². The highest BCUT2D eigenvalue weighted by molar-refractivity contribution is 7.13. The lowest BCUT2D eigenvalue weighted by Crippen LogP contribution is -2.42. The molecule has 0 spiro atoms. The zero-order valence-electron chi connectivity index (χ0n) is 13.5. The number of thiophene rings is 1. The van der Waals surface area contributed by atoms with E-state index >= 15 is 0 Å². The SMILES string of the molecule is CC(C)NC(=O)C1CCN(c2ccc(-c3cccs3)nn2)CC1. The third-order valence-corrected chi connectivity index (χ3v) is 4.94. The van der Waals surface area contributed by atoms with Crippen LogP contribution in [0.1, 0.15) is 26.7 Å². The van der Waals surface area contributed by atoms with Crippen LogP contribution in [0.25, 0.3) is 10.6 Å². The van der Waals surface area contributed by atoms with Crippen molar-refractivity contribution >= 4 is 23.1 Å². The van der Waals surface area contributed by atoms with E-state index in [1.165, 1.54) is 0 Å². The molecule has 0 bridgehead atoms. The van der Waals surface area contributed by atoms with Crippen LogP contribution in [0.15, 0.2) is 29.6 Å². The van der Waals surface area contributed by atoms with Gasteiger partial charge in [-0.05, 0) is 50.3 Å². The summed E-state index contributed by atoms with van der Waals surface area (Å²) in [6.07, 6.45) is 1.74. The molecule has 23 heavy (non-hydrogen) atoms. The normalized spacial score (nSPS) is 15.9. The fourth-order valence-corrected chi connectivity index (χ4v) is 3.51. The molecule has 0 aliphatic carbocycles. The Balaban J connectivity index is 1.58. The van der Waals surface area contributed by atoms with E-state index in [0.29, 0.717) is 0 Å². The summed E-state index contributed by atoms with van der Waals surface area (Å²) in [5, 5.41) is 13.7. The Morgan fingerprint density at radius 2 is 2.04 bits per heavy atom. The summed E-state index contributed by atoms with van der Waals surface area (Å²) in [5.41, 5.74) is 0.912. The highest BCUT2D eigenvalue weighted by Gasteiger charge is 2.26. The molecule has 0 saturated carbocycles. The summed E-state index contributed by atoms with van der Waals surface area (Å²) in [5.74, 6) is 1.19. The van der Waals surface area contributed by atoms with Crippen molar-refractivity contribution in [3.05, 3.63) is 29.6 Å². The van der Waals surface area contributed by atoms with Crippen LogP contribution in [0.3, 0.4) is 0 Å². The van der Waals surface area contributed by atoms with E-state index in [1.807, 2.05) is 43.5 Å². The van der Waals surface area contributed by atoms with Crippen LogP contribution in [0, 0.1) is 5.92 Å². The summed E-state index contributed by atoms with van der Waals surface area (Å²) in [6, 6.07) is 8.31. The van der Waals surface area contributed by atoms with Gasteiger partial charge in [0.2, 0.25) is 5.91 Å². The van der Waals surface area contributed by atoms with E-state index in [-0.39, 0.29) is 17.9 Å². The van der Waals surface area contributed by atoms with Crippen molar-refractivity contribution in [3.63, 3.8) is 0 Å². The Kier molecular flexibility index (Phi) is 4.91. The number of piperidine rings is 1. The van der Waals surface area contributed by atoms with Crippen molar-refractivity contribution in [1.82, 2.24) is 15.5 Å². The average Bonchev–Trinajstić information content (AvgIpc) is 3.09. The maximum Gasteiger partial charge on any atom is 0.223 e. The van der Waals surface area contributed by atoms with Crippen LogP contribution in [0.2, 0.25) is 0 Å². The van der Waals surface area contributed by atoms with E-state index in [1.54, 1.807) is 11.3 Å². The van der Waals surface area contributed by atoms with E-state index < -0.39 is 0 Å². The van der Waals surface area contributed by atoms with Crippen LogP contribution in [0.5, 0.6) is 0 Å². The Labute approximate surface area is 140 Å². The molecule has 122 valence electrons. The standard InChI is InChI=1S/C17H22N4OS/c1-12(2)18-17(22)13-7-9-21(10-8-13)16-6-5-14(19-20-16)15-4-3-11-23-15/h3-6,11-13H,7-10H2,1-2H3,(H,18,22). The zero-order valence-corrected chi connectivity index (χ0v) is 14.3. The Morgan fingerprint density at radius 3 is 2.61 bits per heavy atom. The van der Waals surface area contributed by atoms with E-state index in [0.717, 1.165) is 42.3 Å². The molecule has 5 nitrogen and oxygen atoms in total. The molecule has 3 rings (SSSR count). The fraction of sp³-hybridized carbons (Fsp3) is 0.471. The first-order valence-electron chi connectivity index (χ1n) is 8.06. The van der Waals surface area contributed by atoms with Gasteiger partial charge >= 0.3 is 0 Å². The molecule has 1 aliphatic rings. The summed E-state index contributed by atoms with van der Waals surface area (Å²) >= 11 is 1.67. The van der Waals surface area contributed by atoms with Crippen LogP contribution in [-0.4, -0.2) is 35.2 Å². The molecule has 0 radical (unpaired) electrons. The van der Waals surface area contributed by atoms with Gasteiger partial charge in [0.15, 0.2) is 5.82 Å². The summed E-state index contributed by atoms with van der Waals surface area (Å²) < 4.78 is 0. The third-order valence-electron chi connectivity index (χ3n) is 4.04. The predicted octanol–water partition coefficient (Wildman–Crippen LogP) is 2.95. The lowest BCUT2D eigenvalue weighted by Gasteiger charge is -2.32. The van der Waals surface area contributed by atoms with Crippen LogP contribution in [-0.2, 0) is 4.79 Å². The molecule has 1 amide bonds. The minimum Gasteiger partial charge on any atom is -0.355 e. The molecule has 1 fully saturated rings.